The van der Waals surface area contributed by atoms with E-state index < -0.39 is 28.0 Å². The number of carbonyl (C=O) groups is 2. The summed E-state index contributed by atoms with van der Waals surface area (Å²) in [5, 5.41) is 14.1. The molecule has 0 spiro atoms. The Morgan fingerprint density at radius 2 is 2.10 bits per heavy atom. The molecule has 10 heteroatoms. The van der Waals surface area contributed by atoms with Crippen LogP contribution in [-0.2, 0) is 20.9 Å². The Morgan fingerprint density at radius 1 is 1.50 bits per heavy atom. The molecule has 20 heavy (non-hydrogen) atoms. The standard InChI is InChI=1S/C10H13BrN4O5/c1-4-20-7(17)10(2,3)6(16)5-14-8(11)12-9(13-14)15(18)19/h4-5H2,1-3H3. The van der Waals surface area contributed by atoms with Gasteiger partial charge in [-0.2, -0.15) is 4.68 Å². The van der Waals surface area contributed by atoms with Gasteiger partial charge in [-0.25, -0.2) is 0 Å². The lowest BCUT2D eigenvalue weighted by molar-refractivity contribution is -0.394. The fraction of sp³-hybridized carbons (Fsp3) is 0.600. The number of nitrogens with zero attached hydrogens (tertiary/aromatic N) is 4. The Balaban J connectivity index is 2.90. The summed E-state index contributed by atoms with van der Waals surface area (Å²) >= 11 is 2.96. The molecule has 0 N–H and O–H groups in total. The molecule has 0 atom stereocenters. The summed E-state index contributed by atoms with van der Waals surface area (Å²) in [6.45, 7) is 4.32. The van der Waals surface area contributed by atoms with Crippen molar-refractivity contribution >= 4 is 33.6 Å². The number of Topliss-reactive ketones (excluding diaryl/α,β-unsaturated/α-hetero) is 1. The molecule has 1 aromatic heterocycles. The number of ether oxygens (including phenoxy) is 1. The van der Waals surface area contributed by atoms with Crippen LogP contribution in [-0.4, -0.2) is 38.0 Å². The predicted octanol–water partition coefficient (Wildman–Crippen LogP) is 1.11. The number of nitro groups is 1. The van der Waals surface area contributed by atoms with Crippen LogP contribution in [0.1, 0.15) is 20.8 Å². The number of halogens is 1. The average molecular weight is 349 g/mol. The van der Waals surface area contributed by atoms with Gasteiger partial charge in [0, 0.05) is 21.0 Å². The number of ketones is 1. The van der Waals surface area contributed by atoms with E-state index in [1.165, 1.54) is 13.8 Å². The SMILES string of the molecule is CCOC(=O)C(C)(C)C(=O)Cn1nc([N+](=O)[O-])nc1Br. The van der Waals surface area contributed by atoms with E-state index in [2.05, 4.69) is 26.0 Å². The molecule has 0 unspecified atom stereocenters. The lowest BCUT2D eigenvalue weighted by Crippen LogP contribution is -2.37. The maximum absolute atomic E-state index is 12.1. The molecule has 0 bridgehead atoms. The molecule has 1 rings (SSSR count). The van der Waals surface area contributed by atoms with E-state index in [1.54, 1.807) is 6.92 Å². The fourth-order valence-electron chi connectivity index (χ4n) is 1.25. The molecule has 9 nitrogen and oxygen atoms in total. The molecule has 0 aliphatic heterocycles. The highest BCUT2D eigenvalue weighted by molar-refractivity contribution is 9.10. The second-order valence-electron chi connectivity index (χ2n) is 4.36. The summed E-state index contributed by atoms with van der Waals surface area (Å²) in [5.41, 5.74) is -1.36. The zero-order valence-electron chi connectivity index (χ0n) is 11.1. The molecule has 0 fully saturated rings. The number of hydrogen-bond acceptors (Lipinski definition) is 7. The van der Waals surface area contributed by atoms with Crippen LogP contribution in [0.4, 0.5) is 5.95 Å². The van der Waals surface area contributed by atoms with Crippen LogP contribution in [0.3, 0.4) is 0 Å². The van der Waals surface area contributed by atoms with E-state index in [1.807, 2.05) is 0 Å². The van der Waals surface area contributed by atoms with E-state index in [4.69, 9.17) is 4.74 Å². The zero-order valence-corrected chi connectivity index (χ0v) is 12.7. The maximum atomic E-state index is 12.1. The first-order valence-electron chi connectivity index (χ1n) is 5.65. The largest absolute Gasteiger partial charge is 0.492 e. The van der Waals surface area contributed by atoms with Crippen LogP contribution in [0.2, 0.25) is 0 Å². The van der Waals surface area contributed by atoms with Crippen LogP contribution in [0.5, 0.6) is 0 Å². The van der Waals surface area contributed by atoms with Gasteiger partial charge >= 0.3 is 11.9 Å². The zero-order chi connectivity index (χ0) is 15.5. The summed E-state index contributed by atoms with van der Waals surface area (Å²) in [6, 6.07) is 0. The average Bonchev–Trinajstić information content (AvgIpc) is 2.71. The highest BCUT2D eigenvalue weighted by Crippen LogP contribution is 2.21. The summed E-state index contributed by atoms with van der Waals surface area (Å²) < 4.78 is 5.87. The molecule has 0 radical (unpaired) electrons. The van der Waals surface area contributed by atoms with Crippen LogP contribution in [0.15, 0.2) is 4.73 Å². The van der Waals surface area contributed by atoms with Crippen LogP contribution < -0.4 is 0 Å². The number of hydrogen-bond donors (Lipinski definition) is 0. The van der Waals surface area contributed by atoms with Crippen LogP contribution in [0, 0.1) is 15.5 Å². The summed E-state index contributed by atoms with van der Waals surface area (Å²) in [5.74, 6) is -1.77. The molecule has 0 aromatic carbocycles. The third kappa shape index (κ3) is 3.38. The molecule has 0 aliphatic rings. The third-order valence-electron chi connectivity index (χ3n) is 2.55. The van der Waals surface area contributed by atoms with E-state index in [0.29, 0.717) is 0 Å². The van der Waals surface area contributed by atoms with Crippen molar-refractivity contribution in [1.29, 1.82) is 0 Å². The van der Waals surface area contributed by atoms with Crippen molar-refractivity contribution in [1.82, 2.24) is 14.8 Å². The number of esters is 1. The first-order chi connectivity index (χ1) is 9.20. The summed E-state index contributed by atoms with van der Waals surface area (Å²) in [7, 11) is 0. The van der Waals surface area contributed by atoms with Gasteiger partial charge in [0.2, 0.25) is 0 Å². The van der Waals surface area contributed by atoms with Gasteiger partial charge in [-0.05, 0) is 30.7 Å². The Bertz CT molecular complexity index is 554. The third-order valence-corrected chi connectivity index (χ3v) is 3.14. The van der Waals surface area contributed by atoms with Crippen LogP contribution >= 0.6 is 15.9 Å². The molecule has 0 saturated carbocycles. The van der Waals surface area contributed by atoms with Crippen molar-refractivity contribution in [2.75, 3.05) is 6.61 Å². The number of aromatic nitrogens is 3. The van der Waals surface area contributed by atoms with Gasteiger partial charge in [-0.3, -0.25) is 9.59 Å². The molecule has 110 valence electrons. The van der Waals surface area contributed by atoms with E-state index in [-0.39, 0.29) is 17.9 Å². The number of rotatable bonds is 6. The molecule has 0 saturated heterocycles. The Kier molecular flexibility index (Phi) is 4.93. The van der Waals surface area contributed by atoms with Crippen molar-refractivity contribution < 1.29 is 19.2 Å². The minimum absolute atomic E-state index is 0.0391. The van der Waals surface area contributed by atoms with Gasteiger partial charge in [-0.15, -0.1) is 0 Å². The number of carbonyl (C=O) groups excluding carboxylic acids is 2. The quantitative estimate of drug-likeness (QED) is 0.327. The van der Waals surface area contributed by atoms with Crippen molar-refractivity contribution in [3.8, 4) is 0 Å². The summed E-state index contributed by atoms with van der Waals surface area (Å²) in [6.07, 6.45) is 0. The molecule has 0 amide bonds. The van der Waals surface area contributed by atoms with Crippen LogP contribution in [0.25, 0.3) is 0 Å². The second-order valence-corrected chi connectivity index (χ2v) is 5.07. The van der Waals surface area contributed by atoms with Crippen molar-refractivity contribution in [2.45, 2.75) is 27.3 Å². The van der Waals surface area contributed by atoms with Gasteiger partial charge < -0.3 is 14.9 Å². The van der Waals surface area contributed by atoms with E-state index >= 15 is 0 Å². The molecular formula is C10H13BrN4O5. The van der Waals surface area contributed by atoms with E-state index in [0.717, 1.165) is 4.68 Å². The predicted molar refractivity (Wildman–Crippen MR) is 69.8 cm³/mol. The molecule has 0 aliphatic carbocycles. The van der Waals surface area contributed by atoms with Crippen molar-refractivity contribution in [3.05, 3.63) is 14.8 Å². The smallest absolute Gasteiger partial charge is 0.465 e. The second kappa shape index (κ2) is 6.07. The minimum Gasteiger partial charge on any atom is -0.465 e. The topological polar surface area (TPSA) is 117 Å². The molecule has 1 aromatic rings. The van der Waals surface area contributed by atoms with Gasteiger partial charge in [0.1, 0.15) is 12.0 Å². The van der Waals surface area contributed by atoms with Crippen molar-refractivity contribution in [3.63, 3.8) is 0 Å². The van der Waals surface area contributed by atoms with Gasteiger partial charge in [0.25, 0.3) is 4.73 Å². The Morgan fingerprint density at radius 3 is 2.55 bits per heavy atom. The molecular weight excluding hydrogens is 336 g/mol. The lowest BCUT2D eigenvalue weighted by Gasteiger charge is -2.19. The van der Waals surface area contributed by atoms with Gasteiger partial charge in [0.05, 0.1) is 6.61 Å². The van der Waals surface area contributed by atoms with Crippen molar-refractivity contribution in [2.24, 2.45) is 5.41 Å². The fourth-order valence-corrected chi connectivity index (χ4v) is 1.61. The van der Waals surface area contributed by atoms with Gasteiger partial charge in [0.15, 0.2) is 5.78 Å². The Labute approximate surface area is 122 Å². The normalized spacial score (nSPS) is 11.2. The lowest BCUT2D eigenvalue weighted by atomic mass is 9.88. The maximum Gasteiger partial charge on any atom is 0.492 e. The van der Waals surface area contributed by atoms with E-state index in [9.17, 15) is 19.7 Å². The minimum atomic E-state index is -1.36. The van der Waals surface area contributed by atoms with Gasteiger partial charge in [-0.1, -0.05) is 0 Å². The first kappa shape index (κ1) is 16.2. The highest BCUT2D eigenvalue weighted by atomic mass is 79.9. The monoisotopic (exact) mass is 348 g/mol. The first-order valence-corrected chi connectivity index (χ1v) is 6.44. The molecule has 1 heterocycles. The summed E-state index contributed by atoms with van der Waals surface area (Å²) in [4.78, 5) is 37.1. The Hall–Kier alpha value is -1.84. The highest BCUT2D eigenvalue weighted by Gasteiger charge is 2.38.